The molecule has 1 aromatic carbocycles. The van der Waals surface area contributed by atoms with Gasteiger partial charge < -0.3 is 10.1 Å². The molecule has 0 unspecified atom stereocenters. The Balaban J connectivity index is 1.81. The number of piperidine rings is 1. The third kappa shape index (κ3) is 4.95. The smallest absolute Gasteiger partial charge is 0.416 e. The quantitative estimate of drug-likeness (QED) is 0.642. The zero-order valence-electron chi connectivity index (χ0n) is 14.1. The van der Waals surface area contributed by atoms with Gasteiger partial charge in [0.05, 0.1) is 16.0 Å². The van der Waals surface area contributed by atoms with Crippen molar-refractivity contribution < 1.29 is 31.1 Å². The first-order valence-electron chi connectivity index (χ1n) is 8.34. The number of thiophene rings is 1. The van der Waals surface area contributed by atoms with E-state index in [1.807, 2.05) is 5.38 Å². The van der Waals surface area contributed by atoms with Crippen molar-refractivity contribution in [1.29, 1.82) is 0 Å². The number of alkyl halides is 6. The van der Waals surface area contributed by atoms with Crippen LogP contribution >= 0.6 is 11.3 Å². The molecule has 9 heteroatoms. The van der Waals surface area contributed by atoms with Crippen molar-refractivity contribution in [2.24, 2.45) is 0 Å². The molecule has 0 spiro atoms. The second-order valence-corrected chi connectivity index (χ2v) is 7.34. The number of hydrogen-bond donors (Lipinski definition) is 1. The van der Waals surface area contributed by atoms with Crippen LogP contribution in [-0.2, 0) is 19.0 Å². The molecule has 1 aromatic heterocycles. The number of benzene rings is 1. The van der Waals surface area contributed by atoms with E-state index in [1.165, 1.54) is 11.3 Å². The Kier molecular flexibility index (Phi) is 5.71. The van der Waals surface area contributed by atoms with Gasteiger partial charge in [0.25, 0.3) is 0 Å². The molecule has 1 N–H and O–H groups in total. The van der Waals surface area contributed by atoms with E-state index in [9.17, 15) is 26.3 Å². The molecule has 2 heterocycles. The lowest BCUT2D eigenvalue weighted by atomic mass is 9.97. The summed E-state index contributed by atoms with van der Waals surface area (Å²) >= 11 is 1.48. The standard InChI is InChI=1S/C18H17F6NOS/c19-17(20,21)13-6-11(7-14(8-13)18(22,23)24)10-26-15-3-5-27-16(15)12-2-1-4-25-9-12/h3,5-8,12,25H,1-2,4,9-10H2/t12-/m0/s1. The van der Waals surface area contributed by atoms with Gasteiger partial charge in [-0.05, 0) is 54.6 Å². The van der Waals surface area contributed by atoms with Gasteiger partial charge in [0.1, 0.15) is 12.4 Å². The zero-order chi connectivity index (χ0) is 19.7. The van der Waals surface area contributed by atoms with Crippen LogP contribution in [0, 0.1) is 0 Å². The van der Waals surface area contributed by atoms with E-state index in [4.69, 9.17) is 4.74 Å². The van der Waals surface area contributed by atoms with Crippen molar-refractivity contribution in [2.75, 3.05) is 13.1 Å². The Hall–Kier alpha value is -1.74. The largest absolute Gasteiger partial charge is 0.488 e. The summed E-state index contributed by atoms with van der Waals surface area (Å²) < 4.78 is 83.3. The molecule has 1 saturated heterocycles. The minimum Gasteiger partial charge on any atom is -0.488 e. The molecule has 1 aliphatic rings. The van der Waals surface area contributed by atoms with E-state index in [-0.39, 0.29) is 24.2 Å². The maximum atomic E-state index is 12.9. The summed E-state index contributed by atoms with van der Waals surface area (Å²) in [6, 6.07) is 3.22. The number of rotatable bonds is 4. The maximum Gasteiger partial charge on any atom is 0.416 e. The van der Waals surface area contributed by atoms with Crippen LogP contribution in [0.15, 0.2) is 29.6 Å². The Morgan fingerprint density at radius 3 is 2.26 bits per heavy atom. The first-order chi connectivity index (χ1) is 12.6. The van der Waals surface area contributed by atoms with Crippen molar-refractivity contribution in [1.82, 2.24) is 5.32 Å². The summed E-state index contributed by atoms with van der Waals surface area (Å²) in [5, 5.41) is 5.09. The number of ether oxygens (including phenoxy) is 1. The van der Waals surface area contributed by atoms with Gasteiger partial charge in [-0.3, -0.25) is 0 Å². The highest BCUT2D eigenvalue weighted by Crippen LogP contribution is 2.38. The Labute approximate surface area is 156 Å². The fraction of sp³-hybridized carbons (Fsp3) is 0.444. The lowest BCUT2D eigenvalue weighted by Gasteiger charge is -2.23. The summed E-state index contributed by atoms with van der Waals surface area (Å²) in [7, 11) is 0. The first kappa shape index (κ1) is 20.0. The van der Waals surface area contributed by atoms with Gasteiger partial charge in [-0.15, -0.1) is 11.3 Å². The van der Waals surface area contributed by atoms with Crippen LogP contribution in [0.4, 0.5) is 26.3 Å². The monoisotopic (exact) mass is 409 g/mol. The van der Waals surface area contributed by atoms with Crippen molar-refractivity contribution >= 4 is 11.3 Å². The molecule has 2 aromatic rings. The minimum absolute atomic E-state index is 0.118. The van der Waals surface area contributed by atoms with E-state index in [0.29, 0.717) is 17.9 Å². The van der Waals surface area contributed by atoms with Crippen molar-refractivity contribution in [3.63, 3.8) is 0 Å². The molecule has 1 aliphatic heterocycles. The molecule has 0 amide bonds. The second-order valence-electron chi connectivity index (χ2n) is 6.40. The van der Waals surface area contributed by atoms with Gasteiger partial charge in [0.15, 0.2) is 0 Å². The van der Waals surface area contributed by atoms with Gasteiger partial charge >= 0.3 is 12.4 Å². The molecule has 1 fully saturated rings. The second kappa shape index (κ2) is 7.71. The third-order valence-corrected chi connectivity index (χ3v) is 5.43. The highest BCUT2D eigenvalue weighted by Gasteiger charge is 2.37. The van der Waals surface area contributed by atoms with Gasteiger partial charge in [0.2, 0.25) is 0 Å². The molecule has 2 nitrogen and oxygen atoms in total. The van der Waals surface area contributed by atoms with E-state index in [2.05, 4.69) is 5.32 Å². The fourth-order valence-corrected chi connectivity index (χ4v) is 4.04. The van der Waals surface area contributed by atoms with Crippen LogP contribution in [0.3, 0.4) is 0 Å². The van der Waals surface area contributed by atoms with Crippen LogP contribution in [-0.4, -0.2) is 13.1 Å². The topological polar surface area (TPSA) is 21.3 Å². The van der Waals surface area contributed by atoms with Gasteiger partial charge in [-0.1, -0.05) is 0 Å². The Morgan fingerprint density at radius 1 is 1.04 bits per heavy atom. The van der Waals surface area contributed by atoms with Crippen LogP contribution in [0.1, 0.15) is 40.3 Å². The van der Waals surface area contributed by atoms with Crippen molar-refractivity contribution in [3.8, 4) is 5.75 Å². The zero-order valence-corrected chi connectivity index (χ0v) is 14.9. The normalized spacial score (nSPS) is 18.5. The van der Waals surface area contributed by atoms with Crippen LogP contribution in [0.25, 0.3) is 0 Å². The molecule has 0 aliphatic carbocycles. The van der Waals surface area contributed by atoms with Crippen molar-refractivity contribution in [2.45, 2.75) is 37.7 Å². The van der Waals surface area contributed by atoms with Gasteiger partial charge in [-0.2, -0.15) is 26.3 Å². The molecular weight excluding hydrogens is 392 g/mol. The summed E-state index contributed by atoms with van der Waals surface area (Å²) in [4.78, 5) is 0.963. The molecule has 27 heavy (non-hydrogen) atoms. The number of nitrogens with one attached hydrogen (secondary N) is 1. The summed E-state index contributed by atoms with van der Waals surface area (Å²) in [5.41, 5.74) is -2.84. The summed E-state index contributed by atoms with van der Waals surface area (Å²) in [5.74, 6) is 0.751. The SMILES string of the molecule is FC(F)(F)c1cc(COc2ccsc2[C@H]2CCCNC2)cc(C(F)(F)F)c1. The predicted octanol–water partition coefficient (Wildman–Crippen LogP) is 5.83. The van der Waals surface area contributed by atoms with Gasteiger partial charge in [0, 0.05) is 12.5 Å². The molecule has 0 saturated carbocycles. The first-order valence-corrected chi connectivity index (χ1v) is 9.22. The summed E-state index contributed by atoms with van der Waals surface area (Å²) in [6.07, 6.45) is -7.76. The van der Waals surface area contributed by atoms with E-state index in [0.717, 1.165) is 30.8 Å². The average molecular weight is 409 g/mol. The lowest BCUT2D eigenvalue weighted by molar-refractivity contribution is -0.143. The summed E-state index contributed by atoms with van der Waals surface area (Å²) in [6.45, 7) is 1.35. The fourth-order valence-electron chi connectivity index (χ4n) is 3.07. The molecule has 148 valence electrons. The Morgan fingerprint density at radius 2 is 1.70 bits per heavy atom. The number of hydrogen-bond acceptors (Lipinski definition) is 3. The minimum atomic E-state index is -4.86. The Bertz CT molecular complexity index is 745. The molecular formula is C18H17F6NOS. The maximum absolute atomic E-state index is 12.9. The molecule has 0 bridgehead atoms. The van der Waals surface area contributed by atoms with Crippen LogP contribution < -0.4 is 10.1 Å². The molecule has 0 radical (unpaired) electrons. The number of halogens is 6. The van der Waals surface area contributed by atoms with E-state index in [1.54, 1.807) is 6.07 Å². The predicted molar refractivity (Wildman–Crippen MR) is 89.9 cm³/mol. The lowest BCUT2D eigenvalue weighted by Crippen LogP contribution is -2.28. The van der Waals surface area contributed by atoms with E-state index >= 15 is 0 Å². The molecule has 1 atom stereocenters. The van der Waals surface area contributed by atoms with Crippen LogP contribution in [0.2, 0.25) is 0 Å². The van der Waals surface area contributed by atoms with Crippen LogP contribution in [0.5, 0.6) is 5.75 Å². The highest BCUT2D eigenvalue weighted by molar-refractivity contribution is 7.10. The van der Waals surface area contributed by atoms with E-state index < -0.39 is 23.5 Å². The highest BCUT2D eigenvalue weighted by atomic mass is 32.1. The average Bonchev–Trinajstić information content (AvgIpc) is 3.07. The van der Waals surface area contributed by atoms with Gasteiger partial charge in [-0.25, -0.2) is 0 Å². The van der Waals surface area contributed by atoms with Crippen molar-refractivity contribution in [3.05, 3.63) is 51.2 Å². The molecule has 3 rings (SSSR count). The third-order valence-electron chi connectivity index (χ3n) is 4.37.